The van der Waals surface area contributed by atoms with Crippen LogP contribution in [0.15, 0.2) is 47.7 Å². The Morgan fingerprint density at radius 3 is 2.40 bits per heavy atom. The fraction of sp³-hybridized carbons (Fsp3) is 0.158. The van der Waals surface area contributed by atoms with Crippen LogP contribution in [0.5, 0.6) is 0 Å². The smallest absolute Gasteiger partial charge is 0.134 e. The summed E-state index contributed by atoms with van der Waals surface area (Å²) in [5, 5.41) is 10.6. The van der Waals surface area contributed by atoms with Crippen molar-refractivity contribution >= 4 is 34.5 Å². The molecule has 0 atom stereocenters. The fourth-order valence-electron chi connectivity index (χ4n) is 2.71. The normalized spacial score (nSPS) is 14.4. The van der Waals surface area contributed by atoms with Crippen LogP contribution < -0.4 is 5.73 Å². The van der Waals surface area contributed by atoms with E-state index in [2.05, 4.69) is 0 Å². The number of benzene rings is 2. The molecule has 0 spiro atoms. The third kappa shape index (κ3) is 3.65. The van der Waals surface area contributed by atoms with E-state index in [1.807, 2.05) is 0 Å². The lowest BCUT2D eigenvalue weighted by atomic mass is 9.89. The van der Waals surface area contributed by atoms with E-state index in [0.717, 1.165) is 37.0 Å². The third-order valence-electron chi connectivity index (χ3n) is 4.18. The molecule has 0 unspecified atom stereocenters. The minimum atomic E-state index is -0.654. The Bertz CT molecular complexity index is 877. The lowest BCUT2D eigenvalue weighted by Gasteiger charge is -2.19. The molecule has 0 radical (unpaired) electrons. The minimum absolute atomic E-state index is 0.0513. The molecule has 1 aliphatic carbocycles. The summed E-state index contributed by atoms with van der Waals surface area (Å²) in [6.45, 7) is 0. The highest BCUT2D eigenvalue weighted by atomic mass is 35.5. The first-order chi connectivity index (χ1) is 11.9. The Hall–Kier alpha value is -2.04. The van der Waals surface area contributed by atoms with Gasteiger partial charge in [-0.25, -0.2) is 8.78 Å². The molecule has 1 saturated carbocycles. The molecule has 2 aromatic rings. The van der Waals surface area contributed by atoms with Crippen LogP contribution in [-0.2, 0) is 0 Å². The zero-order valence-electron chi connectivity index (χ0n) is 13.1. The van der Waals surface area contributed by atoms with Crippen molar-refractivity contribution in [2.45, 2.75) is 19.3 Å². The summed E-state index contributed by atoms with van der Waals surface area (Å²) in [5.41, 5.74) is 7.61. The zero-order chi connectivity index (χ0) is 18.1. The Morgan fingerprint density at radius 1 is 1.12 bits per heavy atom. The van der Waals surface area contributed by atoms with Crippen molar-refractivity contribution in [3.63, 3.8) is 0 Å². The molecule has 1 aliphatic rings. The standard InChI is InChI=1S/C19H15Cl2F2NO/c20-11-6-15(21)19(16(23)7-11)14(9-18(25)10-2-1-3-10)13-5-4-12(22)8-17(13)24/h4-9,25H,1-3,24H2/b14-9-. The Morgan fingerprint density at radius 2 is 1.84 bits per heavy atom. The predicted molar refractivity (Wildman–Crippen MR) is 97.8 cm³/mol. The van der Waals surface area contributed by atoms with Crippen LogP contribution in [-0.4, -0.2) is 5.11 Å². The molecule has 0 heterocycles. The number of allylic oxidation sites excluding steroid dienone is 2. The van der Waals surface area contributed by atoms with Crippen molar-refractivity contribution in [2.24, 2.45) is 0 Å². The van der Waals surface area contributed by atoms with Crippen molar-refractivity contribution in [3.05, 3.63) is 80.5 Å². The highest BCUT2D eigenvalue weighted by Crippen LogP contribution is 2.38. The van der Waals surface area contributed by atoms with Crippen LogP contribution in [0, 0.1) is 11.6 Å². The highest BCUT2D eigenvalue weighted by Gasteiger charge is 2.20. The van der Waals surface area contributed by atoms with Crippen LogP contribution in [0.1, 0.15) is 30.4 Å². The van der Waals surface area contributed by atoms with Gasteiger partial charge >= 0.3 is 0 Å². The van der Waals surface area contributed by atoms with E-state index in [1.54, 1.807) is 0 Å². The van der Waals surface area contributed by atoms with E-state index >= 15 is 0 Å². The molecule has 6 heteroatoms. The second-order valence-corrected chi connectivity index (χ2v) is 6.72. The summed E-state index contributed by atoms with van der Waals surface area (Å²) < 4.78 is 28.0. The molecular formula is C19H15Cl2F2NO. The van der Waals surface area contributed by atoms with Crippen LogP contribution in [0.25, 0.3) is 5.57 Å². The molecule has 2 nitrogen and oxygen atoms in total. The van der Waals surface area contributed by atoms with Crippen molar-refractivity contribution < 1.29 is 13.9 Å². The van der Waals surface area contributed by atoms with Crippen LogP contribution in [0.2, 0.25) is 10.0 Å². The molecule has 0 bridgehead atoms. The predicted octanol–water partition coefficient (Wildman–Crippen LogP) is 6.28. The first kappa shape index (κ1) is 17.8. The zero-order valence-corrected chi connectivity index (χ0v) is 14.6. The van der Waals surface area contributed by atoms with Gasteiger partial charge in [-0.1, -0.05) is 23.2 Å². The number of nitrogen functional groups attached to an aromatic ring is 1. The van der Waals surface area contributed by atoms with Gasteiger partial charge in [0.1, 0.15) is 17.4 Å². The number of anilines is 1. The number of aliphatic hydroxyl groups is 1. The maximum Gasteiger partial charge on any atom is 0.134 e. The van der Waals surface area contributed by atoms with E-state index in [-0.39, 0.29) is 32.6 Å². The van der Waals surface area contributed by atoms with E-state index in [9.17, 15) is 13.9 Å². The Labute approximate surface area is 154 Å². The molecule has 1 fully saturated rings. The second-order valence-electron chi connectivity index (χ2n) is 5.88. The van der Waals surface area contributed by atoms with Gasteiger partial charge in [-0.05, 0) is 66.8 Å². The number of aliphatic hydroxyl groups excluding tert-OH is 1. The second kappa shape index (κ2) is 7.06. The van der Waals surface area contributed by atoms with Gasteiger partial charge in [0.2, 0.25) is 0 Å². The number of halogens is 4. The molecule has 2 aromatic carbocycles. The van der Waals surface area contributed by atoms with E-state index in [4.69, 9.17) is 28.9 Å². The van der Waals surface area contributed by atoms with Crippen molar-refractivity contribution in [2.75, 3.05) is 5.73 Å². The monoisotopic (exact) mass is 381 g/mol. The summed E-state index contributed by atoms with van der Waals surface area (Å²) in [6.07, 6.45) is 3.99. The average Bonchev–Trinajstić information content (AvgIpc) is 2.43. The summed E-state index contributed by atoms with van der Waals surface area (Å²) in [5.74, 6) is -1.11. The molecule has 0 saturated heterocycles. The summed E-state index contributed by atoms with van der Waals surface area (Å²) in [7, 11) is 0. The van der Waals surface area contributed by atoms with Gasteiger partial charge in [-0.15, -0.1) is 0 Å². The highest BCUT2D eigenvalue weighted by molar-refractivity contribution is 6.36. The number of rotatable bonds is 3. The van der Waals surface area contributed by atoms with Crippen LogP contribution >= 0.6 is 23.2 Å². The van der Waals surface area contributed by atoms with Gasteiger partial charge in [-0.2, -0.15) is 0 Å². The van der Waals surface area contributed by atoms with E-state index < -0.39 is 11.6 Å². The molecule has 0 amide bonds. The van der Waals surface area contributed by atoms with Gasteiger partial charge < -0.3 is 10.8 Å². The molecule has 3 rings (SSSR count). The summed E-state index contributed by atoms with van der Waals surface area (Å²) in [4.78, 5) is 0. The van der Waals surface area contributed by atoms with Crippen molar-refractivity contribution in [1.29, 1.82) is 0 Å². The molecule has 0 aliphatic heterocycles. The van der Waals surface area contributed by atoms with Crippen molar-refractivity contribution in [1.82, 2.24) is 0 Å². The maximum absolute atomic E-state index is 14.6. The molecule has 0 aromatic heterocycles. The molecule has 3 N–H and O–H groups in total. The number of nitrogens with two attached hydrogens (primary N) is 1. The van der Waals surface area contributed by atoms with Gasteiger partial charge in [0.15, 0.2) is 0 Å². The SMILES string of the molecule is Nc1cc(F)ccc1/C(=C/C(O)=C1CCC1)c1c(F)cc(Cl)cc1Cl. The first-order valence-corrected chi connectivity index (χ1v) is 8.45. The van der Waals surface area contributed by atoms with Crippen LogP contribution in [0.3, 0.4) is 0 Å². The molecule has 130 valence electrons. The molecular weight excluding hydrogens is 367 g/mol. The topological polar surface area (TPSA) is 46.2 Å². The minimum Gasteiger partial charge on any atom is -0.508 e. The average molecular weight is 382 g/mol. The van der Waals surface area contributed by atoms with Gasteiger partial charge in [0.05, 0.1) is 5.02 Å². The largest absolute Gasteiger partial charge is 0.508 e. The number of hydrogen-bond acceptors (Lipinski definition) is 2. The fourth-order valence-corrected chi connectivity index (χ4v) is 3.28. The summed E-state index contributed by atoms with van der Waals surface area (Å²) in [6, 6.07) is 6.32. The lowest BCUT2D eigenvalue weighted by molar-refractivity contribution is 0.407. The number of hydrogen-bond donors (Lipinski definition) is 2. The maximum atomic E-state index is 14.6. The Balaban J connectivity index is 2.25. The molecule has 25 heavy (non-hydrogen) atoms. The van der Waals surface area contributed by atoms with Crippen molar-refractivity contribution in [3.8, 4) is 0 Å². The van der Waals surface area contributed by atoms with Gasteiger partial charge in [0, 0.05) is 21.8 Å². The summed E-state index contributed by atoms with van der Waals surface area (Å²) >= 11 is 12.0. The van der Waals surface area contributed by atoms with Gasteiger partial charge in [0.25, 0.3) is 0 Å². The van der Waals surface area contributed by atoms with E-state index in [1.165, 1.54) is 24.3 Å². The van der Waals surface area contributed by atoms with Crippen LogP contribution in [0.4, 0.5) is 14.5 Å². The Kier molecular flexibility index (Phi) is 5.02. The van der Waals surface area contributed by atoms with E-state index in [0.29, 0.717) is 5.56 Å². The first-order valence-electron chi connectivity index (χ1n) is 7.70. The van der Waals surface area contributed by atoms with Gasteiger partial charge in [-0.3, -0.25) is 0 Å². The third-order valence-corrected chi connectivity index (χ3v) is 4.70. The lowest BCUT2D eigenvalue weighted by Crippen LogP contribution is -2.03. The quantitative estimate of drug-likeness (QED) is 0.485.